The second-order valence-corrected chi connectivity index (χ2v) is 4.65. The SMILES string of the molecule is OC1(Cc2cc(F)c(Br)c(F)c2F)CC1. The van der Waals surface area contributed by atoms with Crippen molar-refractivity contribution in [1.82, 2.24) is 0 Å². The number of aliphatic hydroxyl groups is 1. The Kier molecular flexibility index (Phi) is 2.55. The van der Waals surface area contributed by atoms with E-state index in [0.29, 0.717) is 12.8 Å². The predicted molar refractivity (Wildman–Crippen MR) is 51.9 cm³/mol. The van der Waals surface area contributed by atoms with Crippen LogP contribution in [0.3, 0.4) is 0 Å². The van der Waals surface area contributed by atoms with E-state index in [9.17, 15) is 18.3 Å². The lowest BCUT2D eigenvalue weighted by Crippen LogP contribution is -2.13. The normalized spacial score (nSPS) is 17.9. The largest absolute Gasteiger partial charge is 0.390 e. The Morgan fingerprint density at radius 1 is 1.27 bits per heavy atom. The molecule has 5 heteroatoms. The quantitative estimate of drug-likeness (QED) is 0.652. The van der Waals surface area contributed by atoms with E-state index in [-0.39, 0.29) is 12.0 Å². The summed E-state index contributed by atoms with van der Waals surface area (Å²) in [5, 5.41) is 9.53. The summed E-state index contributed by atoms with van der Waals surface area (Å²) in [6.07, 6.45) is 1.05. The van der Waals surface area contributed by atoms with E-state index in [2.05, 4.69) is 15.9 Å². The molecule has 0 aliphatic heterocycles. The Balaban J connectivity index is 2.39. The van der Waals surface area contributed by atoms with Crippen LogP contribution in [-0.4, -0.2) is 10.7 Å². The summed E-state index contributed by atoms with van der Waals surface area (Å²) in [5.74, 6) is -3.19. The van der Waals surface area contributed by atoms with Gasteiger partial charge in [-0.05, 0) is 40.4 Å². The van der Waals surface area contributed by atoms with Crippen LogP contribution in [0.4, 0.5) is 13.2 Å². The molecule has 1 fully saturated rings. The average molecular weight is 281 g/mol. The van der Waals surface area contributed by atoms with Gasteiger partial charge in [0, 0.05) is 6.42 Å². The van der Waals surface area contributed by atoms with Gasteiger partial charge in [0.15, 0.2) is 11.6 Å². The van der Waals surface area contributed by atoms with Gasteiger partial charge in [-0.15, -0.1) is 0 Å². The van der Waals surface area contributed by atoms with Crippen molar-refractivity contribution in [1.29, 1.82) is 0 Å². The van der Waals surface area contributed by atoms with Crippen LogP contribution in [0.5, 0.6) is 0 Å². The van der Waals surface area contributed by atoms with Gasteiger partial charge >= 0.3 is 0 Å². The molecular formula is C10H8BrF3O. The third-order valence-electron chi connectivity index (χ3n) is 2.52. The molecule has 0 atom stereocenters. The maximum atomic E-state index is 13.3. The van der Waals surface area contributed by atoms with Crippen molar-refractivity contribution in [2.45, 2.75) is 24.9 Å². The third-order valence-corrected chi connectivity index (χ3v) is 3.25. The van der Waals surface area contributed by atoms with Gasteiger partial charge in [-0.2, -0.15) is 0 Å². The minimum Gasteiger partial charge on any atom is -0.390 e. The summed E-state index contributed by atoms with van der Waals surface area (Å²) >= 11 is 2.61. The second kappa shape index (κ2) is 3.49. The molecule has 0 aromatic heterocycles. The predicted octanol–water partition coefficient (Wildman–Crippen LogP) is 2.93. The van der Waals surface area contributed by atoms with Crippen LogP contribution >= 0.6 is 15.9 Å². The Morgan fingerprint density at radius 3 is 2.40 bits per heavy atom. The number of hydrogen-bond donors (Lipinski definition) is 1. The molecule has 1 aromatic carbocycles. The zero-order valence-electron chi connectivity index (χ0n) is 7.66. The van der Waals surface area contributed by atoms with Gasteiger partial charge in [0.05, 0.1) is 10.1 Å². The Bertz CT molecular complexity index is 416. The zero-order chi connectivity index (χ0) is 11.2. The fourth-order valence-corrected chi connectivity index (χ4v) is 1.71. The van der Waals surface area contributed by atoms with Gasteiger partial charge < -0.3 is 5.11 Å². The van der Waals surface area contributed by atoms with Crippen molar-refractivity contribution in [3.63, 3.8) is 0 Å². The highest BCUT2D eigenvalue weighted by atomic mass is 79.9. The molecule has 1 saturated carbocycles. The van der Waals surface area contributed by atoms with Crippen LogP contribution in [-0.2, 0) is 6.42 Å². The molecule has 1 aliphatic rings. The van der Waals surface area contributed by atoms with Crippen molar-refractivity contribution in [2.24, 2.45) is 0 Å². The first-order valence-electron chi connectivity index (χ1n) is 4.47. The number of benzene rings is 1. The van der Waals surface area contributed by atoms with E-state index < -0.39 is 27.5 Å². The van der Waals surface area contributed by atoms with E-state index in [4.69, 9.17) is 0 Å². The van der Waals surface area contributed by atoms with Crippen LogP contribution < -0.4 is 0 Å². The molecule has 0 unspecified atom stereocenters. The summed E-state index contributed by atoms with van der Waals surface area (Å²) in [6, 6.07) is 0.915. The van der Waals surface area contributed by atoms with Crippen LogP contribution in [0.2, 0.25) is 0 Å². The van der Waals surface area contributed by atoms with Crippen molar-refractivity contribution >= 4 is 15.9 Å². The molecular weight excluding hydrogens is 273 g/mol. The molecule has 1 nitrogen and oxygen atoms in total. The molecule has 0 spiro atoms. The highest BCUT2D eigenvalue weighted by molar-refractivity contribution is 9.10. The molecule has 1 N–H and O–H groups in total. The van der Waals surface area contributed by atoms with Crippen molar-refractivity contribution in [3.8, 4) is 0 Å². The molecule has 1 aromatic rings. The smallest absolute Gasteiger partial charge is 0.176 e. The fourth-order valence-electron chi connectivity index (χ4n) is 1.43. The van der Waals surface area contributed by atoms with Crippen molar-refractivity contribution < 1.29 is 18.3 Å². The van der Waals surface area contributed by atoms with Crippen LogP contribution in [0.25, 0.3) is 0 Å². The fraction of sp³-hybridized carbons (Fsp3) is 0.400. The number of halogens is 4. The molecule has 1 aliphatic carbocycles. The van der Waals surface area contributed by atoms with E-state index in [1.807, 2.05) is 0 Å². The molecule has 0 bridgehead atoms. The van der Waals surface area contributed by atoms with Crippen molar-refractivity contribution in [3.05, 3.63) is 33.6 Å². The number of hydrogen-bond acceptors (Lipinski definition) is 1. The lowest BCUT2D eigenvalue weighted by molar-refractivity contribution is 0.149. The summed E-state index contributed by atoms with van der Waals surface area (Å²) in [5.41, 5.74) is -1.08. The Morgan fingerprint density at radius 2 is 1.87 bits per heavy atom. The second-order valence-electron chi connectivity index (χ2n) is 3.86. The topological polar surface area (TPSA) is 20.2 Å². The van der Waals surface area contributed by atoms with Crippen LogP contribution in [0, 0.1) is 17.5 Å². The first-order valence-corrected chi connectivity index (χ1v) is 5.26. The lowest BCUT2D eigenvalue weighted by atomic mass is 10.1. The van der Waals surface area contributed by atoms with E-state index in [0.717, 1.165) is 6.07 Å². The molecule has 0 radical (unpaired) electrons. The maximum Gasteiger partial charge on any atom is 0.176 e. The Labute approximate surface area is 93.0 Å². The molecule has 0 saturated heterocycles. The van der Waals surface area contributed by atoms with E-state index in [1.165, 1.54) is 0 Å². The van der Waals surface area contributed by atoms with Gasteiger partial charge in [0.2, 0.25) is 0 Å². The minimum absolute atomic E-state index is 0.0417. The molecule has 15 heavy (non-hydrogen) atoms. The first-order chi connectivity index (χ1) is 6.93. The monoisotopic (exact) mass is 280 g/mol. The summed E-state index contributed by atoms with van der Waals surface area (Å²) in [4.78, 5) is 0. The summed E-state index contributed by atoms with van der Waals surface area (Å²) in [7, 11) is 0. The molecule has 0 amide bonds. The van der Waals surface area contributed by atoms with E-state index in [1.54, 1.807) is 0 Å². The average Bonchev–Trinajstić information content (AvgIpc) is 2.89. The molecule has 2 rings (SSSR count). The summed E-state index contributed by atoms with van der Waals surface area (Å²) in [6.45, 7) is 0. The van der Waals surface area contributed by atoms with Crippen LogP contribution in [0.15, 0.2) is 10.5 Å². The number of rotatable bonds is 2. The van der Waals surface area contributed by atoms with Crippen LogP contribution in [0.1, 0.15) is 18.4 Å². The van der Waals surface area contributed by atoms with Gasteiger partial charge in [0.25, 0.3) is 0 Å². The van der Waals surface area contributed by atoms with Gasteiger partial charge in [0.1, 0.15) is 5.82 Å². The van der Waals surface area contributed by atoms with Gasteiger partial charge in [-0.25, -0.2) is 13.2 Å². The van der Waals surface area contributed by atoms with Gasteiger partial charge in [-0.3, -0.25) is 0 Å². The van der Waals surface area contributed by atoms with E-state index >= 15 is 0 Å². The minimum atomic E-state index is -1.24. The van der Waals surface area contributed by atoms with Gasteiger partial charge in [-0.1, -0.05) is 0 Å². The highest BCUT2D eigenvalue weighted by Crippen LogP contribution is 2.39. The summed E-state index contributed by atoms with van der Waals surface area (Å²) < 4.78 is 39.0. The highest BCUT2D eigenvalue weighted by Gasteiger charge is 2.41. The molecule has 82 valence electrons. The third kappa shape index (κ3) is 2.03. The lowest BCUT2D eigenvalue weighted by Gasteiger charge is -2.10. The Hall–Kier alpha value is -0.550. The van der Waals surface area contributed by atoms with Crippen molar-refractivity contribution in [2.75, 3.05) is 0 Å². The zero-order valence-corrected chi connectivity index (χ0v) is 9.24. The molecule has 0 heterocycles. The maximum absolute atomic E-state index is 13.3. The first kappa shape index (κ1) is 11.0. The standard InChI is InChI=1S/C10H8BrF3O/c11-7-6(12)3-5(8(13)9(7)14)4-10(15)1-2-10/h3,15H,1-2,4H2.